The van der Waals surface area contributed by atoms with E-state index in [9.17, 15) is 24.0 Å². The fourth-order valence-corrected chi connectivity index (χ4v) is 5.51. The second kappa shape index (κ2) is 13.8. The van der Waals surface area contributed by atoms with Crippen molar-refractivity contribution in [3.63, 3.8) is 0 Å². The molecule has 1 fully saturated rings. The van der Waals surface area contributed by atoms with Gasteiger partial charge < -0.3 is 25.6 Å². The Kier molecular flexibility index (Phi) is 10.7. The Morgan fingerprint density at radius 2 is 1.71 bits per heavy atom. The first-order chi connectivity index (χ1) is 19.3. The molecule has 0 bridgehead atoms. The largest absolute Gasteiger partial charge is 0.444 e. The van der Waals surface area contributed by atoms with Gasteiger partial charge in [0.05, 0.1) is 6.04 Å². The van der Waals surface area contributed by atoms with Crippen LogP contribution in [0.2, 0.25) is 0 Å². The average Bonchev–Trinajstić information content (AvgIpc) is 3.55. The first kappa shape index (κ1) is 31.8. The summed E-state index contributed by atoms with van der Waals surface area (Å²) >= 11 is 0. The molecule has 1 heterocycles. The number of nitrogens with one attached hydrogen (secondary N) is 3. The second-order valence-corrected chi connectivity index (χ2v) is 12.3. The summed E-state index contributed by atoms with van der Waals surface area (Å²) < 4.78 is 5.48. The average molecular weight is 569 g/mol. The molecule has 3 N–H and O–H groups in total. The maximum atomic E-state index is 14.1. The van der Waals surface area contributed by atoms with Crippen LogP contribution in [0.1, 0.15) is 65.0 Å². The number of rotatable bonds is 11. The molecule has 1 unspecified atom stereocenters. The maximum absolute atomic E-state index is 14.1. The zero-order valence-electron chi connectivity index (χ0n) is 24.8. The van der Waals surface area contributed by atoms with E-state index in [0.717, 1.165) is 11.1 Å². The Morgan fingerprint density at radius 1 is 1.07 bits per heavy atom. The summed E-state index contributed by atoms with van der Waals surface area (Å²) in [5.74, 6) is -2.56. The van der Waals surface area contributed by atoms with Gasteiger partial charge in [0.2, 0.25) is 17.6 Å². The van der Waals surface area contributed by atoms with Gasteiger partial charge in [-0.05, 0) is 75.8 Å². The van der Waals surface area contributed by atoms with E-state index in [4.69, 9.17) is 4.74 Å². The number of ketones is 1. The number of ether oxygens (including phenoxy) is 1. The zero-order chi connectivity index (χ0) is 30.3. The third kappa shape index (κ3) is 8.65. The van der Waals surface area contributed by atoms with E-state index < -0.39 is 47.4 Å². The van der Waals surface area contributed by atoms with Crippen LogP contribution in [0.4, 0.5) is 4.79 Å². The number of fused-ring (bicyclic) bond motifs is 1. The third-order valence-electron chi connectivity index (χ3n) is 7.30. The summed E-state index contributed by atoms with van der Waals surface area (Å²) in [6, 6.07) is 5.20. The van der Waals surface area contributed by atoms with Crippen LogP contribution < -0.4 is 16.0 Å². The number of Topliss-reactive ketones (excluding diaryl/α,β-unsaturated/α-hetero) is 1. The minimum absolute atomic E-state index is 0.0316. The van der Waals surface area contributed by atoms with Crippen LogP contribution >= 0.6 is 0 Å². The Labute approximate surface area is 242 Å². The van der Waals surface area contributed by atoms with E-state index in [1.54, 1.807) is 20.8 Å². The second-order valence-electron chi connectivity index (χ2n) is 12.3. The minimum Gasteiger partial charge on any atom is -0.444 e. The zero-order valence-corrected chi connectivity index (χ0v) is 24.8. The van der Waals surface area contributed by atoms with Crippen molar-refractivity contribution in [2.75, 3.05) is 13.1 Å². The van der Waals surface area contributed by atoms with Crippen molar-refractivity contribution in [2.24, 2.45) is 11.8 Å². The predicted octanol–water partition coefficient (Wildman–Crippen LogP) is 2.69. The van der Waals surface area contributed by atoms with E-state index in [2.05, 4.69) is 22.5 Å². The van der Waals surface area contributed by atoms with Crippen LogP contribution in [0.15, 0.2) is 36.9 Å². The molecule has 0 saturated carbocycles. The number of hydrogen-bond donors (Lipinski definition) is 3. The molecule has 10 nitrogen and oxygen atoms in total. The monoisotopic (exact) mass is 568 g/mol. The molecular formula is C31H44N4O6. The topological polar surface area (TPSA) is 134 Å². The van der Waals surface area contributed by atoms with E-state index in [1.807, 2.05) is 38.1 Å². The van der Waals surface area contributed by atoms with Gasteiger partial charge in [0, 0.05) is 13.1 Å². The van der Waals surface area contributed by atoms with E-state index >= 15 is 0 Å². The summed E-state index contributed by atoms with van der Waals surface area (Å²) in [5.41, 5.74) is 1.51. The molecule has 0 aromatic heterocycles. The lowest BCUT2D eigenvalue weighted by Gasteiger charge is -2.32. The van der Waals surface area contributed by atoms with E-state index in [1.165, 1.54) is 11.0 Å². The van der Waals surface area contributed by atoms with Crippen molar-refractivity contribution in [1.29, 1.82) is 0 Å². The number of amides is 4. The van der Waals surface area contributed by atoms with Gasteiger partial charge in [0.25, 0.3) is 5.91 Å². The summed E-state index contributed by atoms with van der Waals surface area (Å²) in [6.07, 6.45) is 3.27. The lowest BCUT2D eigenvalue weighted by Crippen LogP contribution is -2.58. The fraction of sp³-hybridized carbons (Fsp3) is 0.581. The Hall–Kier alpha value is -3.69. The highest BCUT2D eigenvalue weighted by atomic mass is 16.6. The SMILES string of the molecule is C=CCNC(=O)C(=O)C(CC(C)C)NC(=O)[C@@H]1CCCN1C(=O)[C@@H](NC(=O)OC(C)(C)C)C1Cc2ccccc2C1. The highest BCUT2D eigenvalue weighted by Crippen LogP contribution is 2.31. The molecule has 3 atom stereocenters. The molecule has 1 aliphatic carbocycles. The van der Waals surface area contributed by atoms with Gasteiger partial charge in [0.1, 0.15) is 17.7 Å². The number of alkyl carbamates (subject to hydrolysis) is 1. The maximum Gasteiger partial charge on any atom is 0.408 e. The lowest BCUT2D eigenvalue weighted by molar-refractivity contribution is -0.143. The normalized spacial score (nSPS) is 18.3. The van der Waals surface area contributed by atoms with Crippen molar-refractivity contribution in [3.05, 3.63) is 48.0 Å². The summed E-state index contributed by atoms with van der Waals surface area (Å²) in [6.45, 7) is 13.1. The lowest BCUT2D eigenvalue weighted by atomic mass is 9.94. The molecule has 0 spiro atoms. The van der Waals surface area contributed by atoms with Gasteiger partial charge in [-0.3, -0.25) is 19.2 Å². The number of carbonyl (C=O) groups excluding carboxylic acids is 5. The van der Waals surface area contributed by atoms with Crippen LogP contribution in [-0.2, 0) is 36.8 Å². The van der Waals surface area contributed by atoms with Crippen molar-refractivity contribution in [3.8, 4) is 0 Å². The standard InChI is InChI=1S/C31H44N4O6/c1-7-14-32-28(38)26(36)23(16-19(2)3)33-27(37)24-13-10-15-35(24)29(39)25(34-30(40)41-31(4,5)6)22-17-20-11-8-9-12-21(20)18-22/h7-9,11-12,19,22-25H,1,10,13-18H2,2-6H3,(H,32,38)(H,33,37)(H,34,40)/t23?,24-,25-/m0/s1. The molecule has 0 radical (unpaired) electrons. The minimum atomic E-state index is -1.02. The molecule has 1 aromatic carbocycles. The van der Waals surface area contributed by atoms with Gasteiger partial charge in [-0.25, -0.2) is 4.79 Å². The third-order valence-corrected chi connectivity index (χ3v) is 7.30. The first-order valence-electron chi connectivity index (χ1n) is 14.4. The molecule has 1 aromatic rings. The number of nitrogens with zero attached hydrogens (tertiary/aromatic N) is 1. The first-order valence-corrected chi connectivity index (χ1v) is 14.4. The van der Waals surface area contributed by atoms with E-state index in [0.29, 0.717) is 32.2 Å². The molecule has 41 heavy (non-hydrogen) atoms. The van der Waals surface area contributed by atoms with Crippen molar-refractivity contribution >= 4 is 29.6 Å². The van der Waals surface area contributed by atoms with Crippen LogP contribution in [0.5, 0.6) is 0 Å². The van der Waals surface area contributed by atoms with Gasteiger partial charge in [-0.2, -0.15) is 0 Å². The fourth-order valence-electron chi connectivity index (χ4n) is 5.51. The van der Waals surface area contributed by atoms with Crippen LogP contribution in [-0.4, -0.2) is 71.3 Å². The Bertz CT molecular complexity index is 1130. The summed E-state index contributed by atoms with van der Waals surface area (Å²) in [5, 5.41) is 8.02. The summed E-state index contributed by atoms with van der Waals surface area (Å²) in [4.78, 5) is 67.1. The molecule has 2 aliphatic rings. The van der Waals surface area contributed by atoms with Crippen LogP contribution in [0.3, 0.4) is 0 Å². The summed E-state index contributed by atoms with van der Waals surface area (Å²) in [7, 11) is 0. The molecule has 1 saturated heterocycles. The molecule has 3 rings (SSSR count). The highest BCUT2D eigenvalue weighted by molar-refractivity contribution is 6.38. The Morgan fingerprint density at radius 3 is 2.27 bits per heavy atom. The molecular weight excluding hydrogens is 524 g/mol. The smallest absolute Gasteiger partial charge is 0.408 e. The number of benzene rings is 1. The molecule has 1 aliphatic heterocycles. The Balaban J connectivity index is 1.80. The highest BCUT2D eigenvalue weighted by Gasteiger charge is 2.43. The quantitative estimate of drug-likeness (QED) is 0.278. The van der Waals surface area contributed by atoms with Crippen molar-refractivity contribution in [2.45, 2.75) is 90.4 Å². The number of hydrogen-bond acceptors (Lipinski definition) is 6. The molecule has 10 heteroatoms. The molecule has 224 valence electrons. The number of likely N-dealkylation sites (tertiary alicyclic amines) is 1. The van der Waals surface area contributed by atoms with Gasteiger partial charge in [0.15, 0.2) is 0 Å². The van der Waals surface area contributed by atoms with Crippen LogP contribution in [0, 0.1) is 11.8 Å². The van der Waals surface area contributed by atoms with E-state index in [-0.39, 0.29) is 30.7 Å². The number of carbonyl (C=O) groups is 5. The predicted molar refractivity (Wildman–Crippen MR) is 155 cm³/mol. The van der Waals surface area contributed by atoms with Crippen LogP contribution in [0.25, 0.3) is 0 Å². The van der Waals surface area contributed by atoms with Crippen molar-refractivity contribution in [1.82, 2.24) is 20.9 Å². The van der Waals surface area contributed by atoms with Gasteiger partial charge >= 0.3 is 6.09 Å². The van der Waals surface area contributed by atoms with Gasteiger partial charge in [-0.15, -0.1) is 6.58 Å². The van der Waals surface area contributed by atoms with Gasteiger partial charge in [-0.1, -0.05) is 44.2 Å². The van der Waals surface area contributed by atoms with Crippen molar-refractivity contribution < 1.29 is 28.7 Å². The molecule has 4 amide bonds.